The molecule has 1 heterocycles. The van der Waals surface area contributed by atoms with Crippen LogP contribution in [0.15, 0.2) is 53.4 Å². The number of hydrogen-bond acceptors (Lipinski definition) is 6. The quantitative estimate of drug-likeness (QED) is 0.521. The molecular weight excluding hydrogens is 452 g/mol. The molecule has 1 aromatic heterocycles. The number of aromatic nitrogens is 1. The van der Waals surface area contributed by atoms with Gasteiger partial charge in [0.2, 0.25) is 5.91 Å². The summed E-state index contributed by atoms with van der Waals surface area (Å²) in [5.41, 5.74) is 1.78. The van der Waals surface area contributed by atoms with Gasteiger partial charge in [-0.2, -0.15) is 0 Å². The third kappa shape index (κ3) is 4.28. The standard InChI is InChI=1S/C26H30N2O5S/c1-17-9-11-19-21(27-17)7-6-8-23(19)34(30,31)28-24(29)26(13-14-26)20-15-18(10-12-22(20)33-5)25(2,3)16-32-4/h6-12,15H,13-14,16H2,1-5H3,(H,28,29). The first-order valence-corrected chi connectivity index (χ1v) is 12.6. The van der Waals surface area contributed by atoms with E-state index in [0.29, 0.717) is 41.7 Å². The number of hydrogen-bond donors (Lipinski definition) is 1. The van der Waals surface area contributed by atoms with Gasteiger partial charge < -0.3 is 9.47 Å². The molecule has 1 fully saturated rings. The molecule has 0 aliphatic heterocycles. The van der Waals surface area contributed by atoms with Crippen LogP contribution in [0.2, 0.25) is 0 Å². The van der Waals surface area contributed by atoms with Crippen LogP contribution in [0.3, 0.4) is 0 Å². The SMILES string of the molecule is COCC(C)(C)c1ccc(OC)c(C2(C(=O)NS(=O)(=O)c3cccc4nc(C)ccc34)CC2)c1. The highest BCUT2D eigenvalue weighted by molar-refractivity contribution is 7.90. The van der Waals surface area contributed by atoms with Gasteiger partial charge in [0, 0.05) is 29.2 Å². The highest BCUT2D eigenvalue weighted by Gasteiger charge is 2.54. The molecule has 7 nitrogen and oxygen atoms in total. The van der Waals surface area contributed by atoms with Crippen LogP contribution in [0.25, 0.3) is 10.9 Å². The van der Waals surface area contributed by atoms with Crippen LogP contribution in [-0.4, -0.2) is 40.1 Å². The topological polar surface area (TPSA) is 94.6 Å². The summed E-state index contributed by atoms with van der Waals surface area (Å²) in [6, 6.07) is 14.1. The molecule has 1 saturated carbocycles. The third-order valence-electron chi connectivity index (χ3n) is 6.53. The number of nitrogens with zero attached hydrogens (tertiary/aromatic N) is 1. The minimum absolute atomic E-state index is 0.0311. The van der Waals surface area contributed by atoms with E-state index in [1.165, 1.54) is 6.07 Å². The number of rotatable bonds is 8. The number of methoxy groups -OCH3 is 2. The van der Waals surface area contributed by atoms with Gasteiger partial charge in [0.05, 0.1) is 29.5 Å². The smallest absolute Gasteiger partial charge is 0.264 e. The predicted molar refractivity (Wildman–Crippen MR) is 131 cm³/mol. The van der Waals surface area contributed by atoms with Gasteiger partial charge in [0.15, 0.2) is 0 Å². The zero-order valence-corrected chi connectivity index (χ0v) is 21.0. The molecule has 0 spiro atoms. The summed E-state index contributed by atoms with van der Waals surface area (Å²) in [4.78, 5) is 17.9. The van der Waals surface area contributed by atoms with Crippen molar-refractivity contribution in [2.75, 3.05) is 20.8 Å². The number of nitrogens with one attached hydrogen (secondary N) is 1. The summed E-state index contributed by atoms with van der Waals surface area (Å²) in [6.45, 7) is 6.46. The first kappa shape index (κ1) is 24.2. The maximum atomic E-state index is 13.5. The Bertz CT molecular complexity index is 1360. The molecule has 8 heteroatoms. The highest BCUT2D eigenvalue weighted by atomic mass is 32.2. The van der Waals surface area contributed by atoms with E-state index in [-0.39, 0.29) is 10.3 Å². The Kier molecular flexibility index (Phi) is 6.16. The monoisotopic (exact) mass is 482 g/mol. The number of ether oxygens (including phenoxy) is 2. The molecule has 0 unspecified atom stereocenters. The Hall–Kier alpha value is -2.97. The van der Waals surface area contributed by atoms with E-state index in [4.69, 9.17) is 9.47 Å². The maximum Gasteiger partial charge on any atom is 0.264 e. The largest absolute Gasteiger partial charge is 0.496 e. The molecule has 1 aliphatic rings. The second-order valence-corrected chi connectivity index (χ2v) is 11.2. The molecule has 0 bridgehead atoms. The van der Waals surface area contributed by atoms with Crippen LogP contribution in [0.4, 0.5) is 0 Å². The summed E-state index contributed by atoms with van der Waals surface area (Å²) >= 11 is 0. The van der Waals surface area contributed by atoms with Crippen molar-refractivity contribution in [3.8, 4) is 5.75 Å². The van der Waals surface area contributed by atoms with Crippen LogP contribution in [0.5, 0.6) is 5.75 Å². The molecule has 4 rings (SSSR count). The Morgan fingerprint density at radius 1 is 1.12 bits per heavy atom. The first-order chi connectivity index (χ1) is 16.0. The number of benzene rings is 2. The zero-order valence-electron chi connectivity index (χ0n) is 20.1. The second-order valence-electron chi connectivity index (χ2n) is 9.52. The predicted octanol–water partition coefficient (Wildman–Crippen LogP) is 4.01. The number of carbonyl (C=O) groups is 1. The van der Waals surface area contributed by atoms with E-state index in [1.54, 1.807) is 38.5 Å². The molecule has 0 radical (unpaired) electrons. The number of pyridine rings is 1. The summed E-state index contributed by atoms with van der Waals surface area (Å²) in [6.07, 6.45) is 1.07. The lowest BCUT2D eigenvalue weighted by Gasteiger charge is -2.27. The molecular formula is C26H30N2O5S. The lowest BCUT2D eigenvalue weighted by Crippen LogP contribution is -2.39. The van der Waals surface area contributed by atoms with Crippen molar-refractivity contribution >= 4 is 26.8 Å². The van der Waals surface area contributed by atoms with Gasteiger partial charge in [-0.15, -0.1) is 0 Å². The minimum atomic E-state index is -4.12. The van der Waals surface area contributed by atoms with Gasteiger partial charge in [-0.05, 0) is 55.7 Å². The molecule has 0 saturated heterocycles. The molecule has 2 aromatic carbocycles. The lowest BCUT2D eigenvalue weighted by molar-refractivity contribution is -0.121. The summed E-state index contributed by atoms with van der Waals surface area (Å²) in [5, 5.41) is 0.471. The Morgan fingerprint density at radius 2 is 1.85 bits per heavy atom. The van der Waals surface area contributed by atoms with Crippen molar-refractivity contribution in [1.29, 1.82) is 0 Å². The Balaban J connectivity index is 1.71. The van der Waals surface area contributed by atoms with Crippen molar-refractivity contribution in [3.63, 3.8) is 0 Å². The van der Waals surface area contributed by atoms with Crippen LogP contribution < -0.4 is 9.46 Å². The van der Waals surface area contributed by atoms with E-state index >= 15 is 0 Å². The van der Waals surface area contributed by atoms with Crippen molar-refractivity contribution in [3.05, 3.63) is 65.4 Å². The Labute approximate surface area is 200 Å². The van der Waals surface area contributed by atoms with Gasteiger partial charge in [-0.25, -0.2) is 13.1 Å². The van der Waals surface area contributed by atoms with E-state index in [1.807, 2.05) is 25.1 Å². The lowest BCUT2D eigenvalue weighted by atomic mass is 9.82. The maximum absolute atomic E-state index is 13.5. The number of amides is 1. The normalized spacial score (nSPS) is 15.2. The zero-order chi connectivity index (χ0) is 24.7. The van der Waals surface area contributed by atoms with Crippen LogP contribution >= 0.6 is 0 Å². The van der Waals surface area contributed by atoms with Gasteiger partial charge in [-0.3, -0.25) is 9.78 Å². The van der Waals surface area contributed by atoms with E-state index < -0.39 is 21.3 Å². The summed E-state index contributed by atoms with van der Waals surface area (Å²) in [5.74, 6) is 0.0106. The van der Waals surface area contributed by atoms with Crippen molar-refractivity contribution in [2.45, 2.75) is 49.3 Å². The second kappa shape index (κ2) is 8.67. The van der Waals surface area contributed by atoms with Crippen molar-refractivity contribution < 1.29 is 22.7 Å². The van der Waals surface area contributed by atoms with E-state index in [2.05, 4.69) is 23.6 Å². The third-order valence-corrected chi connectivity index (χ3v) is 7.92. The molecule has 1 aliphatic carbocycles. The number of aryl methyl sites for hydroxylation is 1. The molecule has 1 N–H and O–H groups in total. The van der Waals surface area contributed by atoms with Gasteiger partial charge >= 0.3 is 0 Å². The molecule has 3 aromatic rings. The van der Waals surface area contributed by atoms with E-state index in [9.17, 15) is 13.2 Å². The van der Waals surface area contributed by atoms with Crippen LogP contribution in [0, 0.1) is 6.92 Å². The fourth-order valence-corrected chi connectivity index (χ4v) is 5.70. The number of carbonyl (C=O) groups excluding carboxylic acids is 1. The van der Waals surface area contributed by atoms with Gasteiger partial charge in [0.1, 0.15) is 5.75 Å². The first-order valence-electron chi connectivity index (χ1n) is 11.2. The minimum Gasteiger partial charge on any atom is -0.496 e. The van der Waals surface area contributed by atoms with E-state index in [0.717, 1.165) is 11.3 Å². The Morgan fingerprint density at radius 3 is 2.50 bits per heavy atom. The average molecular weight is 483 g/mol. The van der Waals surface area contributed by atoms with Crippen LogP contribution in [0.1, 0.15) is 43.5 Å². The van der Waals surface area contributed by atoms with Crippen molar-refractivity contribution in [1.82, 2.24) is 9.71 Å². The fourth-order valence-electron chi connectivity index (χ4n) is 4.43. The van der Waals surface area contributed by atoms with Crippen molar-refractivity contribution in [2.24, 2.45) is 0 Å². The number of fused-ring (bicyclic) bond motifs is 1. The average Bonchev–Trinajstić information content (AvgIpc) is 3.60. The number of sulfonamides is 1. The summed E-state index contributed by atoms with van der Waals surface area (Å²) in [7, 11) is -0.917. The fraction of sp³-hybridized carbons (Fsp3) is 0.385. The molecule has 34 heavy (non-hydrogen) atoms. The molecule has 1 amide bonds. The van der Waals surface area contributed by atoms with Crippen LogP contribution in [-0.2, 0) is 30.4 Å². The molecule has 180 valence electrons. The highest BCUT2D eigenvalue weighted by Crippen LogP contribution is 2.52. The van der Waals surface area contributed by atoms with Gasteiger partial charge in [0.25, 0.3) is 10.0 Å². The summed E-state index contributed by atoms with van der Waals surface area (Å²) < 4.78 is 39.9. The molecule has 0 atom stereocenters. The van der Waals surface area contributed by atoms with Gasteiger partial charge in [-0.1, -0.05) is 32.0 Å².